The minimum atomic E-state index is -0.553. The van der Waals surface area contributed by atoms with Gasteiger partial charge in [0, 0.05) is 23.5 Å². The second-order valence-corrected chi connectivity index (χ2v) is 8.69. The predicted octanol–water partition coefficient (Wildman–Crippen LogP) is 3.83. The Bertz CT molecular complexity index is 1300. The molecule has 1 aliphatic heterocycles. The summed E-state index contributed by atoms with van der Waals surface area (Å²) in [6, 6.07) is 20.4. The smallest absolute Gasteiger partial charge is 0.311 e. The van der Waals surface area contributed by atoms with Crippen LogP contribution in [0.15, 0.2) is 71.8 Å². The van der Waals surface area contributed by atoms with E-state index in [2.05, 4.69) is 5.10 Å². The zero-order valence-electron chi connectivity index (χ0n) is 18.1. The van der Waals surface area contributed by atoms with E-state index in [1.54, 1.807) is 6.07 Å². The molecule has 0 radical (unpaired) electrons. The van der Waals surface area contributed by atoms with E-state index in [0.717, 1.165) is 27.3 Å². The van der Waals surface area contributed by atoms with Crippen LogP contribution in [-0.2, 0) is 9.59 Å². The average Bonchev–Trinajstić information content (AvgIpc) is 3.12. The summed E-state index contributed by atoms with van der Waals surface area (Å²) in [5, 5.41) is 16.5. The zero-order valence-corrected chi connectivity index (χ0v) is 18.1. The maximum Gasteiger partial charge on any atom is 0.311 e. The predicted molar refractivity (Wildman–Crippen MR) is 123 cm³/mol. The Balaban J connectivity index is 1.40. The van der Waals surface area contributed by atoms with Crippen LogP contribution in [0, 0.1) is 22.0 Å². The molecule has 1 saturated heterocycles. The average molecular weight is 453 g/mol. The lowest BCUT2D eigenvalue weighted by atomic mass is 9.55. The minimum Gasteiger partial charge on any atom is -0.490 e. The van der Waals surface area contributed by atoms with Gasteiger partial charge in [-0.25, -0.2) is 0 Å². The SMILES string of the molecule is COc1ccc(/C=N\N2C(=O)[C@H]3C4c5ccccc5C(c5ccccc54)[C@@H]3C2=O)cc1[N+](=O)[O-]. The molecule has 8 heteroatoms. The Kier molecular flexibility index (Phi) is 4.38. The van der Waals surface area contributed by atoms with Crippen molar-refractivity contribution in [3.05, 3.63) is 105 Å². The quantitative estimate of drug-likeness (QED) is 0.259. The molecule has 2 bridgehead atoms. The van der Waals surface area contributed by atoms with Gasteiger partial charge in [-0.3, -0.25) is 19.7 Å². The van der Waals surface area contributed by atoms with Crippen LogP contribution in [0.3, 0.4) is 0 Å². The second kappa shape index (κ2) is 7.34. The maximum absolute atomic E-state index is 13.5. The molecule has 0 N–H and O–H groups in total. The Morgan fingerprint density at radius 2 is 1.38 bits per heavy atom. The molecule has 7 rings (SSSR count). The van der Waals surface area contributed by atoms with Gasteiger partial charge in [-0.15, -0.1) is 0 Å². The lowest BCUT2D eigenvalue weighted by Gasteiger charge is -2.45. The number of hydrogen-bond donors (Lipinski definition) is 0. The molecule has 0 spiro atoms. The number of nitro groups is 1. The topological polar surface area (TPSA) is 102 Å². The summed E-state index contributed by atoms with van der Waals surface area (Å²) < 4.78 is 5.03. The number of methoxy groups -OCH3 is 1. The highest BCUT2D eigenvalue weighted by Gasteiger charge is 2.61. The number of imide groups is 1. The van der Waals surface area contributed by atoms with E-state index >= 15 is 0 Å². The fourth-order valence-electron chi connectivity index (χ4n) is 5.83. The minimum absolute atomic E-state index is 0.119. The number of amides is 2. The third-order valence-corrected chi connectivity index (χ3v) is 7.15. The first-order chi connectivity index (χ1) is 16.5. The van der Waals surface area contributed by atoms with E-state index in [1.165, 1.54) is 25.5 Å². The number of hydrazone groups is 1. The molecule has 34 heavy (non-hydrogen) atoms. The van der Waals surface area contributed by atoms with Crippen LogP contribution in [0.4, 0.5) is 5.69 Å². The van der Waals surface area contributed by atoms with Crippen LogP contribution in [-0.4, -0.2) is 35.1 Å². The van der Waals surface area contributed by atoms with E-state index in [9.17, 15) is 19.7 Å². The van der Waals surface area contributed by atoms with Crippen LogP contribution < -0.4 is 4.74 Å². The van der Waals surface area contributed by atoms with E-state index in [0.29, 0.717) is 5.56 Å². The van der Waals surface area contributed by atoms with E-state index in [4.69, 9.17) is 4.74 Å². The number of carbonyl (C=O) groups is 2. The van der Waals surface area contributed by atoms with Gasteiger partial charge in [0.25, 0.3) is 11.8 Å². The van der Waals surface area contributed by atoms with Crippen molar-refractivity contribution in [2.24, 2.45) is 16.9 Å². The summed E-state index contributed by atoms with van der Waals surface area (Å²) in [4.78, 5) is 37.8. The van der Waals surface area contributed by atoms with Gasteiger partial charge in [-0.05, 0) is 34.4 Å². The van der Waals surface area contributed by atoms with Gasteiger partial charge in [-0.1, -0.05) is 48.5 Å². The summed E-state index contributed by atoms with van der Waals surface area (Å²) >= 11 is 0. The van der Waals surface area contributed by atoms with Gasteiger partial charge in [-0.2, -0.15) is 10.1 Å². The largest absolute Gasteiger partial charge is 0.490 e. The molecule has 0 unspecified atom stereocenters. The van der Waals surface area contributed by atoms with Gasteiger partial charge in [0.1, 0.15) is 0 Å². The number of rotatable bonds is 4. The molecule has 0 saturated carbocycles. The summed E-state index contributed by atoms with van der Waals surface area (Å²) in [6.45, 7) is 0. The fourth-order valence-corrected chi connectivity index (χ4v) is 5.83. The van der Waals surface area contributed by atoms with Crippen LogP contribution in [0.2, 0.25) is 0 Å². The molecular weight excluding hydrogens is 434 g/mol. The molecular formula is C26H19N3O5. The summed E-state index contributed by atoms with van der Waals surface area (Å²) in [5.74, 6) is -2.02. The third kappa shape index (κ3) is 2.68. The van der Waals surface area contributed by atoms with Gasteiger partial charge < -0.3 is 4.74 Å². The molecule has 168 valence electrons. The van der Waals surface area contributed by atoms with Gasteiger partial charge in [0.2, 0.25) is 0 Å². The first-order valence-electron chi connectivity index (χ1n) is 10.9. The molecule has 0 aromatic heterocycles. The van der Waals surface area contributed by atoms with Crippen molar-refractivity contribution in [3.8, 4) is 5.75 Å². The van der Waals surface area contributed by atoms with Crippen molar-refractivity contribution >= 4 is 23.7 Å². The normalized spacial score (nSPS) is 24.2. The number of nitrogens with zero attached hydrogens (tertiary/aromatic N) is 3. The fraction of sp³-hybridized carbons (Fsp3) is 0.192. The number of carbonyl (C=O) groups excluding carboxylic acids is 2. The van der Waals surface area contributed by atoms with Crippen molar-refractivity contribution in [2.75, 3.05) is 7.11 Å². The number of ether oxygens (including phenoxy) is 1. The lowest BCUT2D eigenvalue weighted by molar-refractivity contribution is -0.385. The van der Waals surface area contributed by atoms with Crippen LogP contribution in [0.5, 0.6) is 5.75 Å². The zero-order chi connectivity index (χ0) is 23.6. The Labute approximate surface area is 194 Å². The molecule has 4 aliphatic rings. The third-order valence-electron chi connectivity index (χ3n) is 7.15. The molecule has 1 heterocycles. The summed E-state index contributed by atoms with van der Waals surface area (Å²) in [7, 11) is 1.35. The Morgan fingerprint density at radius 1 is 0.882 bits per heavy atom. The molecule has 2 atom stereocenters. The van der Waals surface area contributed by atoms with Crippen LogP contribution in [0.1, 0.15) is 39.7 Å². The molecule has 3 aromatic carbocycles. The lowest BCUT2D eigenvalue weighted by Crippen LogP contribution is -2.41. The standard InChI is InChI=1S/C26H19N3O5/c1-34-20-11-10-14(12-19(20)29(32)33)13-27-28-25(30)23-21-15-6-2-3-7-16(15)22(24(23)26(28)31)18-9-5-4-8-17(18)21/h2-13,21-24H,1H3/b27-13-/t21?,22?,23-,24-/m0/s1. The van der Waals surface area contributed by atoms with Crippen molar-refractivity contribution in [1.29, 1.82) is 0 Å². The van der Waals surface area contributed by atoms with E-state index in [1.807, 2.05) is 48.5 Å². The number of hydrogen-bond acceptors (Lipinski definition) is 6. The second-order valence-electron chi connectivity index (χ2n) is 8.69. The number of nitro benzene ring substituents is 1. The monoisotopic (exact) mass is 453 g/mol. The Morgan fingerprint density at radius 3 is 1.82 bits per heavy atom. The highest BCUT2D eigenvalue weighted by Crippen LogP contribution is 2.60. The number of benzene rings is 3. The van der Waals surface area contributed by atoms with Gasteiger partial charge in [0.05, 0.1) is 30.1 Å². The van der Waals surface area contributed by atoms with Crippen LogP contribution in [0.25, 0.3) is 0 Å². The summed E-state index contributed by atoms with van der Waals surface area (Å²) in [5.41, 5.74) is 4.52. The molecule has 3 aromatic rings. The van der Waals surface area contributed by atoms with Crippen molar-refractivity contribution < 1.29 is 19.2 Å². The Hall–Kier alpha value is -4.33. The summed E-state index contributed by atoms with van der Waals surface area (Å²) in [6.07, 6.45) is 1.31. The first kappa shape index (κ1) is 20.3. The maximum atomic E-state index is 13.5. The van der Waals surface area contributed by atoms with Crippen molar-refractivity contribution in [1.82, 2.24) is 5.01 Å². The highest BCUT2D eigenvalue weighted by molar-refractivity contribution is 6.08. The molecule has 1 fully saturated rings. The first-order valence-corrected chi connectivity index (χ1v) is 10.9. The van der Waals surface area contributed by atoms with Crippen molar-refractivity contribution in [3.63, 3.8) is 0 Å². The van der Waals surface area contributed by atoms with E-state index < -0.39 is 16.8 Å². The van der Waals surface area contributed by atoms with Gasteiger partial charge in [0.15, 0.2) is 5.75 Å². The van der Waals surface area contributed by atoms with Crippen LogP contribution >= 0.6 is 0 Å². The van der Waals surface area contributed by atoms with E-state index in [-0.39, 0.29) is 35.1 Å². The molecule has 2 amide bonds. The molecule has 8 nitrogen and oxygen atoms in total. The van der Waals surface area contributed by atoms with Gasteiger partial charge >= 0.3 is 5.69 Å². The highest BCUT2D eigenvalue weighted by atomic mass is 16.6. The molecule has 3 aliphatic carbocycles. The van der Waals surface area contributed by atoms with Crippen molar-refractivity contribution in [2.45, 2.75) is 11.8 Å².